The second kappa shape index (κ2) is 7.62. The van der Waals surface area contributed by atoms with E-state index in [0.717, 1.165) is 16.9 Å². The molecule has 0 saturated carbocycles. The Balaban J connectivity index is 2.08. The number of ether oxygens (including phenoxy) is 1. The minimum Gasteiger partial charge on any atom is -0.488 e. The Bertz CT molecular complexity index is 623. The Labute approximate surface area is 125 Å². The molecule has 0 saturated heterocycles. The lowest BCUT2D eigenvalue weighted by Gasteiger charge is -2.08. The van der Waals surface area contributed by atoms with Gasteiger partial charge in [-0.3, -0.25) is 0 Å². The molecule has 0 fully saturated rings. The first-order chi connectivity index (χ1) is 9.79. The van der Waals surface area contributed by atoms with Crippen molar-refractivity contribution in [3.05, 3.63) is 65.2 Å². The summed E-state index contributed by atoms with van der Waals surface area (Å²) < 4.78 is 5.87. The topological polar surface area (TPSA) is 9.23 Å². The van der Waals surface area contributed by atoms with Crippen LogP contribution in [0.1, 0.15) is 23.1 Å². The summed E-state index contributed by atoms with van der Waals surface area (Å²) in [4.78, 5) is 0. The van der Waals surface area contributed by atoms with Crippen LogP contribution < -0.4 is 4.74 Å². The number of para-hydroxylation sites is 1. The van der Waals surface area contributed by atoms with E-state index in [2.05, 4.69) is 37.0 Å². The molecule has 0 bridgehead atoms. The van der Waals surface area contributed by atoms with Gasteiger partial charge in [0.1, 0.15) is 12.4 Å². The third kappa shape index (κ3) is 4.33. The van der Waals surface area contributed by atoms with Gasteiger partial charge in [-0.1, -0.05) is 53.8 Å². The van der Waals surface area contributed by atoms with Crippen LogP contribution in [0.25, 0.3) is 0 Å². The van der Waals surface area contributed by atoms with Gasteiger partial charge in [0.25, 0.3) is 0 Å². The molecule has 2 aromatic carbocycles. The molecule has 0 heterocycles. The molecule has 0 aliphatic heterocycles. The van der Waals surface area contributed by atoms with Crippen molar-refractivity contribution in [3.8, 4) is 17.6 Å². The summed E-state index contributed by atoms with van der Waals surface area (Å²) >= 11 is 5.63. The summed E-state index contributed by atoms with van der Waals surface area (Å²) in [5.41, 5.74) is 3.31. The van der Waals surface area contributed by atoms with Crippen molar-refractivity contribution in [2.45, 2.75) is 20.0 Å². The average molecular weight is 285 g/mol. The highest BCUT2D eigenvalue weighted by Gasteiger charge is 2.01. The van der Waals surface area contributed by atoms with E-state index in [-0.39, 0.29) is 0 Å². The number of aryl methyl sites for hydroxylation is 1. The first-order valence-corrected chi connectivity index (χ1v) is 7.15. The number of halogens is 1. The van der Waals surface area contributed by atoms with Gasteiger partial charge in [-0.05, 0) is 24.6 Å². The molecule has 0 aliphatic carbocycles. The van der Waals surface area contributed by atoms with Crippen molar-refractivity contribution in [1.29, 1.82) is 0 Å². The normalized spacial score (nSPS) is 9.70. The molecule has 0 aliphatic rings. The molecule has 2 aromatic rings. The number of alkyl halides is 1. The first kappa shape index (κ1) is 14.5. The molecule has 0 unspecified atom stereocenters. The number of hydrogen-bond acceptors (Lipinski definition) is 1. The zero-order chi connectivity index (χ0) is 14.2. The third-order valence-corrected chi connectivity index (χ3v) is 3.00. The van der Waals surface area contributed by atoms with E-state index in [1.54, 1.807) is 0 Å². The zero-order valence-electron chi connectivity index (χ0n) is 11.5. The van der Waals surface area contributed by atoms with Crippen LogP contribution in [0.2, 0.25) is 0 Å². The van der Waals surface area contributed by atoms with Crippen molar-refractivity contribution >= 4 is 11.6 Å². The molecule has 2 rings (SSSR count). The molecule has 102 valence electrons. The van der Waals surface area contributed by atoms with E-state index < -0.39 is 0 Å². The highest BCUT2D eigenvalue weighted by atomic mass is 35.5. The van der Waals surface area contributed by atoms with Gasteiger partial charge in [0.2, 0.25) is 0 Å². The number of hydrogen-bond donors (Lipinski definition) is 0. The minimum atomic E-state index is 0.551. The Morgan fingerprint density at radius 3 is 2.75 bits per heavy atom. The monoisotopic (exact) mass is 284 g/mol. The van der Waals surface area contributed by atoms with Crippen LogP contribution in [0.4, 0.5) is 0 Å². The van der Waals surface area contributed by atoms with Crippen molar-refractivity contribution in [2.24, 2.45) is 0 Å². The molecule has 0 aromatic heterocycles. The molecule has 0 amide bonds. The molecule has 20 heavy (non-hydrogen) atoms. The van der Waals surface area contributed by atoms with Crippen molar-refractivity contribution in [2.75, 3.05) is 5.88 Å². The highest BCUT2D eigenvalue weighted by molar-refractivity contribution is 6.18. The predicted molar refractivity (Wildman–Crippen MR) is 84.2 cm³/mol. The van der Waals surface area contributed by atoms with Gasteiger partial charge >= 0.3 is 0 Å². The molecule has 2 heteroatoms. The lowest BCUT2D eigenvalue weighted by atomic mass is 10.1. The summed E-state index contributed by atoms with van der Waals surface area (Å²) in [6.07, 6.45) is 0.688. The lowest BCUT2D eigenvalue weighted by Crippen LogP contribution is -1.97. The van der Waals surface area contributed by atoms with Gasteiger partial charge in [-0.15, -0.1) is 11.6 Å². The van der Waals surface area contributed by atoms with Crippen LogP contribution >= 0.6 is 11.6 Å². The third-order valence-electron chi connectivity index (χ3n) is 2.81. The van der Waals surface area contributed by atoms with Crippen LogP contribution in [0.15, 0.2) is 48.5 Å². The maximum absolute atomic E-state index is 5.87. The quantitative estimate of drug-likeness (QED) is 0.591. The fourth-order valence-electron chi connectivity index (χ4n) is 1.86. The smallest absolute Gasteiger partial charge is 0.135 e. The average Bonchev–Trinajstić information content (AvgIpc) is 2.47. The molecule has 0 spiro atoms. The molecule has 1 nitrogen and oxygen atoms in total. The van der Waals surface area contributed by atoms with Crippen molar-refractivity contribution in [1.82, 2.24) is 0 Å². The molecular formula is C18H17ClO. The standard InChI is InChI=1S/C18H17ClO/c1-15-7-6-8-16(13-15)14-20-18-11-3-2-9-17(18)10-4-5-12-19/h2-3,6-9,11,13H,5,12,14H2,1H3. The summed E-state index contributed by atoms with van der Waals surface area (Å²) in [7, 11) is 0. The van der Waals surface area contributed by atoms with E-state index in [1.807, 2.05) is 30.3 Å². The van der Waals surface area contributed by atoms with E-state index in [4.69, 9.17) is 16.3 Å². The molecular weight excluding hydrogens is 268 g/mol. The summed E-state index contributed by atoms with van der Waals surface area (Å²) in [5.74, 6) is 7.51. The van der Waals surface area contributed by atoms with E-state index in [9.17, 15) is 0 Å². The van der Waals surface area contributed by atoms with Crippen LogP contribution in [-0.4, -0.2) is 5.88 Å². The Morgan fingerprint density at radius 1 is 1.10 bits per heavy atom. The van der Waals surface area contributed by atoms with Crippen LogP contribution in [-0.2, 0) is 6.61 Å². The van der Waals surface area contributed by atoms with Crippen LogP contribution in [0.5, 0.6) is 5.75 Å². The van der Waals surface area contributed by atoms with E-state index in [1.165, 1.54) is 5.56 Å². The van der Waals surface area contributed by atoms with Gasteiger partial charge in [0.15, 0.2) is 0 Å². The molecule has 0 radical (unpaired) electrons. The second-order valence-electron chi connectivity index (χ2n) is 4.51. The summed E-state index contributed by atoms with van der Waals surface area (Å²) in [6, 6.07) is 16.1. The molecule has 0 atom stereocenters. The summed E-state index contributed by atoms with van der Waals surface area (Å²) in [6.45, 7) is 2.63. The zero-order valence-corrected chi connectivity index (χ0v) is 12.3. The maximum Gasteiger partial charge on any atom is 0.135 e. The van der Waals surface area contributed by atoms with Gasteiger partial charge in [-0.25, -0.2) is 0 Å². The van der Waals surface area contributed by atoms with Gasteiger partial charge in [-0.2, -0.15) is 0 Å². The van der Waals surface area contributed by atoms with Crippen LogP contribution in [0, 0.1) is 18.8 Å². The second-order valence-corrected chi connectivity index (χ2v) is 4.89. The number of benzene rings is 2. The van der Waals surface area contributed by atoms with Gasteiger partial charge in [0, 0.05) is 12.3 Å². The summed E-state index contributed by atoms with van der Waals surface area (Å²) in [5, 5.41) is 0. The Hall–Kier alpha value is -1.91. The Morgan fingerprint density at radius 2 is 1.95 bits per heavy atom. The largest absolute Gasteiger partial charge is 0.488 e. The van der Waals surface area contributed by atoms with Gasteiger partial charge in [0.05, 0.1) is 5.56 Å². The minimum absolute atomic E-state index is 0.551. The predicted octanol–water partition coefficient (Wildman–Crippen LogP) is 4.55. The first-order valence-electron chi connectivity index (χ1n) is 6.62. The number of rotatable bonds is 4. The van der Waals surface area contributed by atoms with E-state index >= 15 is 0 Å². The van der Waals surface area contributed by atoms with E-state index in [0.29, 0.717) is 18.9 Å². The van der Waals surface area contributed by atoms with Crippen LogP contribution in [0.3, 0.4) is 0 Å². The Kier molecular flexibility index (Phi) is 5.53. The lowest BCUT2D eigenvalue weighted by molar-refractivity contribution is 0.305. The maximum atomic E-state index is 5.87. The van der Waals surface area contributed by atoms with Crippen molar-refractivity contribution < 1.29 is 4.74 Å². The fraction of sp³-hybridized carbons (Fsp3) is 0.222. The SMILES string of the molecule is Cc1cccc(COc2ccccc2C#CCCCl)c1. The van der Waals surface area contributed by atoms with Gasteiger partial charge < -0.3 is 4.74 Å². The van der Waals surface area contributed by atoms with Crippen molar-refractivity contribution in [3.63, 3.8) is 0 Å². The highest BCUT2D eigenvalue weighted by Crippen LogP contribution is 2.18. The molecule has 0 N–H and O–H groups in total. The fourth-order valence-corrected chi connectivity index (χ4v) is 1.96.